The van der Waals surface area contributed by atoms with Crippen molar-refractivity contribution in [2.75, 3.05) is 0 Å². The van der Waals surface area contributed by atoms with Crippen molar-refractivity contribution in [3.63, 3.8) is 0 Å². The van der Waals surface area contributed by atoms with Crippen LogP contribution >= 0.6 is 11.8 Å². The molecule has 0 aromatic rings. The SMILES string of the molecule is CC1(C)S[C@H]2N(C(=O)[C@@]2(N)C(N)=O)[C@H]1C(=O)O. The van der Waals surface area contributed by atoms with Gasteiger partial charge in [-0.2, -0.15) is 0 Å². The normalized spacial score (nSPS) is 38.5. The number of aliphatic carboxylic acids is 1. The molecule has 7 nitrogen and oxygen atoms in total. The van der Waals surface area contributed by atoms with Crippen LogP contribution in [-0.4, -0.2) is 49.5 Å². The molecular weight excluding hydrogens is 246 g/mol. The molecule has 0 aliphatic carbocycles. The topological polar surface area (TPSA) is 127 Å². The van der Waals surface area contributed by atoms with Gasteiger partial charge in [-0.25, -0.2) is 4.79 Å². The summed E-state index contributed by atoms with van der Waals surface area (Å²) in [5.41, 5.74) is 9.02. The maximum Gasteiger partial charge on any atom is 0.327 e. The number of hydrogen-bond acceptors (Lipinski definition) is 5. The quantitative estimate of drug-likeness (QED) is 0.401. The smallest absolute Gasteiger partial charge is 0.327 e. The number of carboxylic acids is 1. The van der Waals surface area contributed by atoms with Crippen molar-refractivity contribution in [1.82, 2.24) is 4.90 Å². The molecule has 2 amide bonds. The summed E-state index contributed by atoms with van der Waals surface area (Å²) in [6.07, 6.45) is 0. The predicted octanol–water partition coefficient (Wildman–Crippen LogP) is -1.68. The first-order valence-corrected chi connectivity index (χ1v) is 5.84. The van der Waals surface area contributed by atoms with E-state index in [-0.39, 0.29) is 0 Å². The number of β-lactam (4-membered cyclic amide) rings is 1. The summed E-state index contributed by atoms with van der Waals surface area (Å²) < 4.78 is -0.706. The second-order valence-electron chi connectivity index (χ2n) is 4.76. The second-order valence-corrected chi connectivity index (χ2v) is 6.49. The van der Waals surface area contributed by atoms with Gasteiger partial charge in [0.15, 0.2) is 0 Å². The number of nitrogens with zero attached hydrogens (tertiary/aromatic N) is 1. The van der Waals surface area contributed by atoms with Crippen molar-refractivity contribution in [2.45, 2.75) is 35.5 Å². The van der Waals surface area contributed by atoms with Crippen LogP contribution in [0, 0.1) is 0 Å². The number of carbonyl (C=O) groups excluding carboxylic acids is 2. The van der Waals surface area contributed by atoms with Gasteiger partial charge in [-0.3, -0.25) is 9.59 Å². The summed E-state index contributed by atoms with van der Waals surface area (Å²) in [5, 5.41) is 8.44. The molecule has 0 aromatic heterocycles. The molecule has 94 valence electrons. The first-order valence-electron chi connectivity index (χ1n) is 4.96. The summed E-state index contributed by atoms with van der Waals surface area (Å²) >= 11 is 1.19. The number of nitrogens with two attached hydrogens (primary N) is 2. The van der Waals surface area contributed by atoms with E-state index in [1.54, 1.807) is 13.8 Å². The lowest BCUT2D eigenvalue weighted by Crippen LogP contribution is -2.82. The molecular formula is C9H13N3O4S. The third-order valence-corrected chi connectivity index (χ3v) is 4.88. The molecule has 0 radical (unpaired) electrons. The second kappa shape index (κ2) is 3.14. The van der Waals surface area contributed by atoms with Gasteiger partial charge in [0.25, 0.3) is 5.91 Å². The van der Waals surface area contributed by atoms with Crippen LogP contribution < -0.4 is 11.5 Å². The lowest BCUT2D eigenvalue weighted by atomic mass is 9.85. The van der Waals surface area contributed by atoms with Gasteiger partial charge >= 0.3 is 5.97 Å². The Labute approximate surface area is 101 Å². The van der Waals surface area contributed by atoms with E-state index >= 15 is 0 Å². The summed E-state index contributed by atoms with van der Waals surface area (Å²) in [6.45, 7) is 3.40. The zero-order valence-electron chi connectivity index (χ0n) is 9.34. The van der Waals surface area contributed by atoms with Crippen molar-refractivity contribution < 1.29 is 19.5 Å². The van der Waals surface area contributed by atoms with Gasteiger partial charge in [0.05, 0.1) is 0 Å². The minimum Gasteiger partial charge on any atom is -0.480 e. The lowest BCUT2D eigenvalue weighted by molar-refractivity contribution is -0.168. The maximum absolute atomic E-state index is 11.8. The Kier molecular flexibility index (Phi) is 2.25. The average molecular weight is 259 g/mol. The van der Waals surface area contributed by atoms with E-state index in [1.165, 1.54) is 11.8 Å². The highest BCUT2D eigenvalue weighted by atomic mass is 32.2. The Hall–Kier alpha value is -1.28. The molecule has 0 unspecified atom stereocenters. The van der Waals surface area contributed by atoms with E-state index in [2.05, 4.69) is 0 Å². The molecule has 2 aliphatic rings. The first-order chi connectivity index (χ1) is 7.64. The highest BCUT2D eigenvalue weighted by Crippen LogP contribution is 2.53. The fraction of sp³-hybridized carbons (Fsp3) is 0.667. The van der Waals surface area contributed by atoms with Crippen molar-refractivity contribution in [3.05, 3.63) is 0 Å². The number of hydrogen-bond donors (Lipinski definition) is 3. The number of rotatable bonds is 2. The monoisotopic (exact) mass is 259 g/mol. The van der Waals surface area contributed by atoms with Gasteiger partial charge < -0.3 is 21.5 Å². The molecule has 0 bridgehead atoms. The van der Waals surface area contributed by atoms with Crippen molar-refractivity contribution in [2.24, 2.45) is 11.5 Å². The number of amides is 2. The molecule has 3 atom stereocenters. The number of thioether (sulfide) groups is 1. The Morgan fingerprint density at radius 1 is 1.47 bits per heavy atom. The van der Waals surface area contributed by atoms with Crippen molar-refractivity contribution in [1.29, 1.82) is 0 Å². The molecule has 8 heteroatoms. The minimum atomic E-state index is -1.77. The fourth-order valence-electron chi connectivity index (χ4n) is 2.31. The number of fused-ring (bicyclic) bond motifs is 1. The van der Waals surface area contributed by atoms with E-state index in [0.29, 0.717) is 0 Å². The molecule has 2 aliphatic heterocycles. The van der Waals surface area contributed by atoms with Gasteiger partial charge in [0.2, 0.25) is 11.4 Å². The van der Waals surface area contributed by atoms with E-state index in [0.717, 1.165) is 4.90 Å². The Balaban J connectivity index is 2.41. The molecule has 17 heavy (non-hydrogen) atoms. The molecule has 2 saturated heterocycles. The van der Waals surface area contributed by atoms with Crippen LogP contribution in [0.4, 0.5) is 0 Å². The molecule has 2 rings (SSSR count). The molecule has 2 heterocycles. The highest BCUT2D eigenvalue weighted by molar-refractivity contribution is 8.01. The summed E-state index contributed by atoms with van der Waals surface area (Å²) in [4.78, 5) is 35.4. The first kappa shape index (κ1) is 12.2. The largest absolute Gasteiger partial charge is 0.480 e. The minimum absolute atomic E-state index is 0.691. The number of primary amides is 1. The summed E-state index contributed by atoms with van der Waals surface area (Å²) in [6, 6.07) is -0.985. The van der Waals surface area contributed by atoms with E-state index < -0.39 is 39.5 Å². The summed E-state index contributed by atoms with van der Waals surface area (Å²) in [5.74, 6) is -2.73. The molecule has 0 spiro atoms. The van der Waals surface area contributed by atoms with Crippen LogP contribution in [0.1, 0.15) is 13.8 Å². The molecule has 0 aromatic carbocycles. The molecule has 2 fully saturated rings. The average Bonchev–Trinajstić information content (AvgIpc) is 2.46. The Morgan fingerprint density at radius 2 is 2.00 bits per heavy atom. The standard InChI is InChI=1S/C9H13N3O4S/c1-8(2)3(4(13)14)12-6(16)9(11,5(10)15)7(12)17-8/h3,7H,11H2,1-2H3,(H2,10,15)(H,13,14)/t3-,7+,9-/m0/s1. The van der Waals surface area contributed by atoms with Crippen LogP contribution in [0.25, 0.3) is 0 Å². The predicted molar refractivity (Wildman–Crippen MR) is 59.8 cm³/mol. The van der Waals surface area contributed by atoms with E-state index in [9.17, 15) is 14.4 Å². The van der Waals surface area contributed by atoms with Gasteiger partial charge in [0, 0.05) is 4.75 Å². The Bertz CT molecular complexity index is 438. The Morgan fingerprint density at radius 3 is 2.41 bits per heavy atom. The molecule has 5 N–H and O–H groups in total. The van der Waals surface area contributed by atoms with Gasteiger partial charge in [0.1, 0.15) is 11.4 Å². The van der Waals surface area contributed by atoms with Gasteiger partial charge in [-0.15, -0.1) is 11.8 Å². The van der Waals surface area contributed by atoms with Crippen LogP contribution in [0.15, 0.2) is 0 Å². The third kappa shape index (κ3) is 1.25. The van der Waals surface area contributed by atoms with Crippen LogP contribution in [-0.2, 0) is 14.4 Å². The fourth-order valence-corrected chi connectivity index (χ4v) is 3.96. The summed E-state index contributed by atoms with van der Waals surface area (Å²) in [7, 11) is 0. The van der Waals surface area contributed by atoms with Gasteiger partial charge in [-0.1, -0.05) is 0 Å². The zero-order valence-corrected chi connectivity index (χ0v) is 10.2. The highest BCUT2D eigenvalue weighted by Gasteiger charge is 2.72. The van der Waals surface area contributed by atoms with Crippen molar-refractivity contribution >= 4 is 29.5 Å². The number of carboxylic acid groups (broad SMARTS) is 1. The zero-order chi connectivity index (χ0) is 13.2. The van der Waals surface area contributed by atoms with Crippen LogP contribution in [0.5, 0.6) is 0 Å². The van der Waals surface area contributed by atoms with E-state index in [1.807, 2.05) is 0 Å². The maximum atomic E-state index is 11.8. The van der Waals surface area contributed by atoms with Crippen molar-refractivity contribution in [3.8, 4) is 0 Å². The van der Waals surface area contributed by atoms with Gasteiger partial charge in [-0.05, 0) is 13.8 Å². The molecule has 0 saturated carbocycles. The van der Waals surface area contributed by atoms with Crippen LogP contribution in [0.3, 0.4) is 0 Å². The lowest BCUT2D eigenvalue weighted by Gasteiger charge is -2.48. The third-order valence-electron chi connectivity index (χ3n) is 3.22. The number of carbonyl (C=O) groups is 3. The van der Waals surface area contributed by atoms with E-state index in [4.69, 9.17) is 16.6 Å². The van der Waals surface area contributed by atoms with Crippen LogP contribution in [0.2, 0.25) is 0 Å².